The average molecular weight is 293 g/mol. The summed E-state index contributed by atoms with van der Waals surface area (Å²) < 4.78 is 17.1. The highest BCUT2D eigenvalue weighted by Gasteiger charge is 2.17. The van der Waals surface area contributed by atoms with Crippen LogP contribution in [-0.4, -0.2) is 32.5 Å². The zero-order chi connectivity index (χ0) is 15.1. The number of ether oxygens (including phenoxy) is 3. The smallest absolute Gasteiger partial charge is 0.165 e. The fourth-order valence-electron chi connectivity index (χ4n) is 2.37. The van der Waals surface area contributed by atoms with Gasteiger partial charge in [0.25, 0.3) is 0 Å². The minimum absolute atomic E-state index is 0.340. The second-order valence-electron chi connectivity index (χ2n) is 5.69. The standard InChI is InChI=1S/C17H27NO3/c1-4-19-12-15(13(2)3)18-11-14-7-5-8-16-17(14)21-10-6-9-20-16/h5,7-8,13,15,18H,4,6,9-12H2,1-3H3. The highest BCUT2D eigenvalue weighted by Crippen LogP contribution is 2.33. The highest BCUT2D eigenvalue weighted by molar-refractivity contribution is 5.47. The molecule has 1 unspecified atom stereocenters. The van der Waals surface area contributed by atoms with E-state index >= 15 is 0 Å². The molecule has 21 heavy (non-hydrogen) atoms. The van der Waals surface area contributed by atoms with Gasteiger partial charge in [-0.2, -0.15) is 0 Å². The summed E-state index contributed by atoms with van der Waals surface area (Å²) in [7, 11) is 0. The van der Waals surface area contributed by atoms with Crippen LogP contribution in [0.1, 0.15) is 32.8 Å². The van der Waals surface area contributed by atoms with Crippen molar-refractivity contribution in [2.75, 3.05) is 26.4 Å². The average Bonchev–Trinajstić information content (AvgIpc) is 2.72. The molecule has 0 saturated carbocycles. The third kappa shape index (κ3) is 4.61. The van der Waals surface area contributed by atoms with Crippen molar-refractivity contribution in [1.29, 1.82) is 0 Å². The van der Waals surface area contributed by atoms with Gasteiger partial charge >= 0.3 is 0 Å². The fourth-order valence-corrected chi connectivity index (χ4v) is 2.37. The summed E-state index contributed by atoms with van der Waals surface area (Å²) in [4.78, 5) is 0. The quantitative estimate of drug-likeness (QED) is 0.839. The monoisotopic (exact) mass is 293 g/mol. The molecule has 0 radical (unpaired) electrons. The van der Waals surface area contributed by atoms with Gasteiger partial charge < -0.3 is 19.5 Å². The summed E-state index contributed by atoms with van der Waals surface area (Å²) in [6.07, 6.45) is 0.931. The van der Waals surface area contributed by atoms with E-state index in [1.807, 2.05) is 19.1 Å². The highest BCUT2D eigenvalue weighted by atomic mass is 16.5. The van der Waals surface area contributed by atoms with E-state index in [1.54, 1.807) is 0 Å². The summed E-state index contributed by atoms with van der Waals surface area (Å²) in [5.41, 5.74) is 1.15. The third-order valence-electron chi connectivity index (χ3n) is 3.71. The van der Waals surface area contributed by atoms with Gasteiger partial charge in [-0.25, -0.2) is 0 Å². The van der Waals surface area contributed by atoms with E-state index < -0.39 is 0 Å². The molecule has 1 aromatic rings. The molecule has 0 saturated heterocycles. The van der Waals surface area contributed by atoms with Gasteiger partial charge in [0.15, 0.2) is 11.5 Å². The molecule has 0 amide bonds. The summed E-state index contributed by atoms with van der Waals surface area (Å²) in [5.74, 6) is 2.27. The Morgan fingerprint density at radius 1 is 1.24 bits per heavy atom. The van der Waals surface area contributed by atoms with E-state index in [1.165, 1.54) is 0 Å². The van der Waals surface area contributed by atoms with Crippen LogP contribution in [0.15, 0.2) is 18.2 Å². The van der Waals surface area contributed by atoms with E-state index in [0.29, 0.717) is 12.0 Å². The fraction of sp³-hybridized carbons (Fsp3) is 0.647. The molecule has 118 valence electrons. The Morgan fingerprint density at radius 3 is 2.81 bits per heavy atom. The Balaban J connectivity index is 2.02. The first-order valence-electron chi connectivity index (χ1n) is 7.91. The summed E-state index contributed by atoms with van der Waals surface area (Å²) in [6.45, 7) is 10.1. The van der Waals surface area contributed by atoms with E-state index in [2.05, 4.69) is 25.2 Å². The molecule has 2 rings (SSSR count). The Bertz CT molecular complexity index is 434. The van der Waals surface area contributed by atoms with Gasteiger partial charge in [-0.3, -0.25) is 0 Å². The number of nitrogens with one attached hydrogen (secondary N) is 1. The van der Waals surface area contributed by atoms with Crippen LogP contribution < -0.4 is 14.8 Å². The lowest BCUT2D eigenvalue weighted by Crippen LogP contribution is -2.37. The van der Waals surface area contributed by atoms with Gasteiger partial charge in [0.2, 0.25) is 0 Å². The molecular formula is C17H27NO3. The maximum absolute atomic E-state index is 5.86. The molecule has 1 aliphatic rings. The summed E-state index contributed by atoms with van der Waals surface area (Å²) >= 11 is 0. The number of rotatable bonds is 7. The van der Waals surface area contributed by atoms with Crippen molar-refractivity contribution < 1.29 is 14.2 Å². The van der Waals surface area contributed by atoms with Crippen molar-refractivity contribution in [3.8, 4) is 11.5 Å². The Morgan fingerprint density at radius 2 is 2.05 bits per heavy atom. The van der Waals surface area contributed by atoms with Gasteiger partial charge in [-0.1, -0.05) is 26.0 Å². The molecule has 4 heteroatoms. The molecule has 0 spiro atoms. The molecule has 0 aliphatic carbocycles. The minimum atomic E-state index is 0.340. The van der Waals surface area contributed by atoms with Crippen molar-refractivity contribution in [3.05, 3.63) is 23.8 Å². The SMILES string of the molecule is CCOCC(NCc1cccc2c1OCCCO2)C(C)C. The topological polar surface area (TPSA) is 39.7 Å². The zero-order valence-corrected chi connectivity index (χ0v) is 13.4. The Hall–Kier alpha value is -1.26. The van der Waals surface area contributed by atoms with Crippen LogP contribution in [0.5, 0.6) is 11.5 Å². The number of hydrogen-bond acceptors (Lipinski definition) is 4. The summed E-state index contributed by atoms with van der Waals surface area (Å²) in [5, 5.41) is 3.58. The maximum Gasteiger partial charge on any atom is 0.165 e. The minimum Gasteiger partial charge on any atom is -0.490 e. The molecule has 1 heterocycles. The third-order valence-corrected chi connectivity index (χ3v) is 3.71. The lowest BCUT2D eigenvalue weighted by atomic mass is 10.0. The summed E-state index contributed by atoms with van der Waals surface area (Å²) in [6, 6.07) is 6.44. The predicted molar refractivity (Wildman–Crippen MR) is 84.0 cm³/mol. The van der Waals surface area contributed by atoms with Crippen LogP contribution >= 0.6 is 0 Å². The van der Waals surface area contributed by atoms with Gasteiger partial charge in [0.05, 0.1) is 19.8 Å². The number of benzene rings is 1. The lowest BCUT2D eigenvalue weighted by Gasteiger charge is -2.23. The predicted octanol–water partition coefficient (Wildman–Crippen LogP) is 3.00. The van der Waals surface area contributed by atoms with E-state index in [4.69, 9.17) is 14.2 Å². The molecule has 1 aliphatic heterocycles. The Labute approximate surface area is 127 Å². The van der Waals surface area contributed by atoms with Gasteiger partial charge in [-0.05, 0) is 18.9 Å². The van der Waals surface area contributed by atoms with Crippen molar-refractivity contribution in [2.24, 2.45) is 5.92 Å². The van der Waals surface area contributed by atoms with Crippen LogP contribution in [0.25, 0.3) is 0 Å². The van der Waals surface area contributed by atoms with E-state index in [9.17, 15) is 0 Å². The van der Waals surface area contributed by atoms with Crippen molar-refractivity contribution in [1.82, 2.24) is 5.32 Å². The van der Waals surface area contributed by atoms with Crippen LogP contribution in [0.2, 0.25) is 0 Å². The van der Waals surface area contributed by atoms with E-state index in [-0.39, 0.29) is 0 Å². The second kappa shape index (κ2) is 8.25. The number of para-hydroxylation sites is 1. The maximum atomic E-state index is 5.86. The Kier molecular flexibility index (Phi) is 6.33. The van der Waals surface area contributed by atoms with E-state index in [0.717, 1.165) is 56.5 Å². The van der Waals surface area contributed by atoms with Crippen LogP contribution in [0.4, 0.5) is 0 Å². The van der Waals surface area contributed by atoms with Gasteiger partial charge in [-0.15, -0.1) is 0 Å². The molecule has 1 atom stereocenters. The lowest BCUT2D eigenvalue weighted by molar-refractivity contribution is 0.107. The zero-order valence-electron chi connectivity index (χ0n) is 13.4. The normalized spacial score (nSPS) is 15.8. The van der Waals surface area contributed by atoms with Gasteiger partial charge in [0.1, 0.15) is 0 Å². The first-order valence-corrected chi connectivity index (χ1v) is 7.91. The number of hydrogen-bond donors (Lipinski definition) is 1. The molecule has 1 aromatic carbocycles. The van der Waals surface area contributed by atoms with Crippen LogP contribution in [0, 0.1) is 5.92 Å². The molecule has 0 bridgehead atoms. The van der Waals surface area contributed by atoms with Gasteiger partial charge in [0, 0.05) is 31.2 Å². The largest absolute Gasteiger partial charge is 0.490 e. The molecule has 1 N–H and O–H groups in total. The second-order valence-corrected chi connectivity index (χ2v) is 5.69. The van der Waals surface area contributed by atoms with Crippen molar-refractivity contribution in [3.63, 3.8) is 0 Å². The first kappa shape index (κ1) is 16.1. The first-order chi connectivity index (χ1) is 10.2. The van der Waals surface area contributed by atoms with Crippen molar-refractivity contribution >= 4 is 0 Å². The van der Waals surface area contributed by atoms with Crippen molar-refractivity contribution in [2.45, 2.75) is 39.8 Å². The van der Waals surface area contributed by atoms with Crippen LogP contribution in [0.3, 0.4) is 0 Å². The molecule has 4 nitrogen and oxygen atoms in total. The molecule has 0 fully saturated rings. The molecule has 0 aromatic heterocycles. The molecular weight excluding hydrogens is 266 g/mol. The number of fused-ring (bicyclic) bond motifs is 1. The van der Waals surface area contributed by atoms with Crippen LogP contribution in [-0.2, 0) is 11.3 Å².